The van der Waals surface area contributed by atoms with Gasteiger partial charge in [-0.2, -0.15) is 0 Å². The van der Waals surface area contributed by atoms with E-state index in [1.165, 1.54) is 0 Å². The molecule has 0 aromatic carbocycles. The molecule has 3 N–H and O–H groups in total. The molecule has 0 spiro atoms. The van der Waals surface area contributed by atoms with Crippen molar-refractivity contribution in [2.24, 2.45) is 5.73 Å². The molecule has 0 bridgehead atoms. The zero-order chi connectivity index (χ0) is 10.6. The first-order valence-corrected chi connectivity index (χ1v) is 5.82. The van der Waals surface area contributed by atoms with Gasteiger partial charge in [0.25, 0.3) is 0 Å². The van der Waals surface area contributed by atoms with Crippen LogP contribution in [0.3, 0.4) is 0 Å². The van der Waals surface area contributed by atoms with Gasteiger partial charge < -0.3 is 11.1 Å². The van der Waals surface area contributed by atoms with Crippen LogP contribution in [0.2, 0.25) is 0 Å². The van der Waals surface area contributed by atoms with Crippen LogP contribution in [0.15, 0.2) is 11.6 Å². The Hall–Kier alpha value is -0.450. The van der Waals surface area contributed by atoms with Gasteiger partial charge in [-0.1, -0.05) is 6.92 Å². The van der Waals surface area contributed by atoms with Crippen molar-refractivity contribution in [2.75, 3.05) is 6.54 Å². The van der Waals surface area contributed by atoms with Crippen LogP contribution in [-0.4, -0.2) is 17.1 Å². The lowest BCUT2D eigenvalue weighted by Gasteiger charge is -2.23. The number of nitrogens with zero attached hydrogens (tertiary/aromatic N) is 1. The molecule has 80 valence electrons. The van der Waals surface area contributed by atoms with Crippen LogP contribution in [-0.2, 0) is 0 Å². The minimum Gasteiger partial charge on any atom is -0.324 e. The van der Waals surface area contributed by atoms with E-state index >= 15 is 0 Å². The fourth-order valence-electron chi connectivity index (χ4n) is 1.20. The maximum Gasteiger partial charge on any atom is 0.109 e. The Kier molecular flexibility index (Phi) is 4.04. The zero-order valence-corrected chi connectivity index (χ0v) is 9.90. The van der Waals surface area contributed by atoms with Gasteiger partial charge in [-0.3, -0.25) is 0 Å². The van der Waals surface area contributed by atoms with E-state index in [2.05, 4.69) is 17.2 Å². The smallest absolute Gasteiger partial charge is 0.109 e. The molecule has 1 aromatic rings. The van der Waals surface area contributed by atoms with Crippen molar-refractivity contribution in [2.45, 2.75) is 38.8 Å². The Morgan fingerprint density at radius 3 is 2.79 bits per heavy atom. The largest absolute Gasteiger partial charge is 0.324 e. The lowest BCUT2D eigenvalue weighted by atomic mass is 10.1. The molecule has 1 aromatic heterocycles. The van der Waals surface area contributed by atoms with Gasteiger partial charge in [-0.25, -0.2) is 4.98 Å². The summed E-state index contributed by atoms with van der Waals surface area (Å²) in [7, 11) is 0. The third-order valence-electron chi connectivity index (χ3n) is 1.96. The quantitative estimate of drug-likeness (QED) is 0.785. The molecule has 1 unspecified atom stereocenters. The molecule has 0 aliphatic carbocycles. The summed E-state index contributed by atoms with van der Waals surface area (Å²) >= 11 is 1.69. The molecule has 0 saturated heterocycles. The van der Waals surface area contributed by atoms with Crippen molar-refractivity contribution in [3.05, 3.63) is 16.6 Å². The molecule has 0 saturated carbocycles. The summed E-state index contributed by atoms with van der Waals surface area (Å²) in [5.74, 6) is 0. The fourth-order valence-corrected chi connectivity index (χ4v) is 2.00. The number of hydrogen-bond acceptors (Lipinski definition) is 4. The molecular weight excluding hydrogens is 194 g/mol. The van der Waals surface area contributed by atoms with E-state index in [-0.39, 0.29) is 5.54 Å². The molecule has 0 radical (unpaired) electrons. The van der Waals surface area contributed by atoms with Crippen LogP contribution in [0.25, 0.3) is 0 Å². The van der Waals surface area contributed by atoms with E-state index in [0.29, 0.717) is 6.04 Å². The second kappa shape index (κ2) is 4.87. The molecule has 4 heteroatoms. The lowest BCUT2D eigenvalue weighted by molar-refractivity contribution is 0.415. The molecular formula is C10H19N3S. The van der Waals surface area contributed by atoms with Crippen molar-refractivity contribution in [1.82, 2.24) is 10.3 Å². The molecule has 3 nitrogen and oxygen atoms in total. The average molecular weight is 213 g/mol. The predicted molar refractivity (Wildman–Crippen MR) is 61.4 cm³/mol. The minimum atomic E-state index is -0.162. The molecule has 0 aliphatic heterocycles. The number of nitrogens with one attached hydrogen (secondary N) is 1. The standard InChI is InChI=1S/C10H19N3S/c1-4-8(9-12-5-6-14-9)13-7-10(2,3)11/h5-6,8,13H,4,7,11H2,1-3H3. The van der Waals surface area contributed by atoms with Crippen LogP contribution < -0.4 is 11.1 Å². The highest BCUT2D eigenvalue weighted by atomic mass is 32.1. The normalized spacial score (nSPS) is 14.3. The molecule has 14 heavy (non-hydrogen) atoms. The number of rotatable bonds is 5. The Balaban J connectivity index is 2.49. The molecule has 0 fully saturated rings. The van der Waals surface area contributed by atoms with Crippen molar-refractivity contribution in [3.8, 4) is 0 Å². The zero-order valence-electron chi connectivity index (χ0n) is 9.08. The summed E-state index contributed by atoms with van der Waals surface area (Å²) in [6, 6.07) is 0.345. The topological polar surface area (TPSA) is 50.9 Å². The first kappa shape index (κ1) is 11.6. The molecule has 1 heterocycles. The van der Waals surface area contributed by atoms with E-state index in [4.69, 9.17) is 5.73 Å². The van der Waals surface area contributed by atoms with Crippen molar-refractivity contribution in [3.63, 3.8) is 0 Å². The average Bonchev–Trinajstić information content (AvgIpc) is 2.56. The summed E-state index contributed by atoms with van der Waals surface area (Å²) in [5, 5.41) is 6.59. The monoisotopic (exact) mass is 213 g/mol. The molecule has 0 aliphatic rings. The second-order valence-electron chi connectivity index (χ2n) is 4.20. The van der Waals surface area contributed by atoms with Crippen molar-refractivity contribution in [1.29, 1.82) is 0 Å². The highest BCUT2D eigenvalue weighted by molar-refractivity contribution is 7.09. The van der Waals surface area contributed by atoms with Gasteiger partial charge in [0.2, 0.25) is 0 Å². The molecule has 1 atom stereocenters. The van der Waals surface area contributed by atoms with Gasteiger partial charge in [0.15, 0.2) is 0 Å². The maximum atomic E-state index is 5.91. The lowest BCUT2D eigenvalue weighted by Crippen LogP contribution is -2.44. The van der Waals surface area contributed by atoms with Crippen LogP contribution in [0.4, 0.5) is 0 Å². The Labute approximate surface area is 89.7 Å². The van der Waals surface area contributed by atoms with Crippen molar-refractivity contribution >= 4 is 11.3 Å². The minimum absolute atomic E-state index is 0.162. The predicted octanol–water partition coefficient (Wildman–Crippen LogP) is 1.92. The summed E-state index contributed by atoms with van der Waals surface area (Å²) in [4.78, 5) is 4.30. The number of thiazole rings is 1. The Morgan fingerprint density at radius 1 is 1.64 bits per heavy atom. The van der Waals surface area contributed by atoms with E-state index in [1.807, 2.05) is 25.4 Å². The van der Waals surface area contributed by atoms with E-state index in [9.17, 15) is 0 Å². The fraction of sp³-hybridized carbons (Fsp3) is 0.700. The van der Waals surface area contributed by atoms with Gasteiger partial charge in [-0.15, -0.1) is 11.3 Å². The van der Waals surface area contributed by atoms with Gasteiger partial charge >= 0.3 is 0 Å². The number of aromatic nitrogens is 1. The number of nitrogens with two attached hydrogens (primary N) is 1. The van der Waals surface area contributed by atoms with Gasteiger partial charge in [0.05, 0.1) is 6.04 Å². The SMILES string of the molecule is CCC(NCC(C)(C)N)c1nccs1. The van der Waals surface area contributed by atoms with E-state index in [0.717, 1.165) is 18.0 Å². The second-order valence-corrected chi connectivity index (χ2v) is 5.13. The third-order valence-corrected chi connectivity index (χ3v) is 2.85. The van der Waals surface area contributed by atoms with E-state index in [1.54, 1.807) is 11.3 Å². The Bertz CT molecular complexity index is 251. The van der Waals surface area contributed by atoms with Crippen LogP contribution in [0.1, 0.15) is 38.2 Å². The van der Waals surface area contributed by atoms with Gasteiger partial charge in [0.1, 0.15) is 5.01 Å². The summed E-state index contributed by atoms with van der Waals surface area (Å²) in [6.07, 6.45) is 2.89. The first-order valence-electron chi connectivity index (χ1n) is 4.94. The third kappa shape index (κ3) is 3.74. The van der Waals surface area contributed by atoms with Crippen molar-refractivity contribution < 1.29 is 0 Å². The van der Waals surface area contributed by atoms with E-state index < -0.39 is 0 Å². The van der Waals surface area contributed by atoms with Crippen LogP contribution >= 0.6 is 11.3 Å². The van der Waals surface area contributed by atoms with Gasteiger partial charge in [0, 0.05) is 23.7 Å². The summed E-state index contributed by atoms with van der Waals surface area (Å²) < 4.78 is 0. The van der Waals surface area contributed by atoms with Crippen LogP contribution in [0, 0.1) is 0 Å². The highest BCUT2D eigenvalue weighted by Crippen LogP contribution is 2.18. The Morgan fingerprint density at radius 2 is 2.36 bits per heavy atom. The summed E-state index contributed by atoms with van der Waals surface area (Å²) in [6.45, 7) is 7.01. The van der Waals surface area contributed by atoms with Gasteiger partial charge in [-0.05, 0) is 20.3 Å². The maximum absolute atomic E-state index is 5.91. The first-order chi connectivity index (χ1) is 6.53. The summed E-state index contributed by atoms with van der Waals surface area (Å²) in [5.41, 5.74) is 5.75. The highest BCUT2D eigenvalue weighted by Gasteiger charge is 2.16. The molecule has 1 rings (SSSR count). The molecule has 0 amide bonds. The number of hydrogen-bond donors (Lipinski definition) is 2. The van der Waals surface area contributed by atoms with Crippen LogP contribution in [0.5, 0.6) is 0 Å².